The molecule has 0 saturated heterocycles. The number of Topliss-reactive ketones (excluding diaryl/α,β-unsaturated/α-hetero) is 1. The number of amides is 1. The van der Waals surface area contributed by atoms with Gasteiger partial charge in [-0.3, -0.25) is 9.59 Å². The molecule has 0 aliphatic heterocycles. The number of halogens is 2. The lowest BCUT2D eigenvalue weighted by atomic mass is 10.1. The second-order valence-corrected chi connectivity index (χ2v) is 6.31. The van der Waals surface area contributed by atoms with E-state index in [-0.39, 0.29) is 22.3 Å². The van der Waals surface area contributed by atoms with Gasteiger partial charge in [0, 0.05) is 19.0 Å². The zero-order chi connectivity index (χ0) is 19.8. The fourth-order valence-corrected chi connectivity index (χ4v) is 2.61. The molecule has 27 heavy (non-hydrogen) atoms. The molecule has 0 bridgehead atoms. The van der Waals surface area contributed by atoms with Gasteiger partial charge in [0.05, 0.1) is 10.6 Å². The molecule has 1 N–H and O–H groups in total. The number of carbonyl (C=O) groups excluding carboxylic acids is 3. The molecule has 5 nitrogen and oxygen atoms in total. The van der Waals surface area contributed by atoms with Gasteiger partial charge < -0.3 is 10.1 Å². The molecule has 2 aromatic rings. The van der Waals surface area contributed by atoms with Crippen molar-refractivity contribution in [2.45, 2.75) is 19.8 Å². The van der Waals surface area contributed by atoms with Gasteiger partial charge in [-0.2, -0.15) is 0 Å². The lowest BCUT2D eigenvalue weighted by molar-refractivity contribution is -0.118. The molecule has 0 heterocycles. The second-order valence-electron chi connectivity index (χ2n) is 5.91. The summed E-state index contributed by atoms with van der Waals surface area (Å²) in [5.74, 6) is -1.77. The molecule has 0 saturated carbocycles. The summed E-state index contributed by atoms with van der Waals surface area (Å²) >= 11 is 5.79. The Morgan fingerprint density at radius 1 is 1.11 bits per heavy atom. The minimum Gasteiger partial charge on any atom is -0.454 e. The summed E-state index contributed by atoms with van der Waals surface area (Å²) < 4.78 is 18.0. The summed E-state index contributed by atoms with van der Waals surface area (Å²) in [4.78, 5) is 34.9. The molecule has 7 heteroatoms. The highest BCUT2D eigenvalue weighted by molar-refractivity contribution is 6.33. The van der Waals surface area contributed by atoms with Gasteiger partial charge in [0.1, 0.15) is 5.82 Å². The summed E-state index contributed by atoms with van der Waals surface area (Å²) in [6.45, 7) is 1.63. The van der Waals surface area contributed by atoms with E-state index < -0.39 is 18.4 Å². The Hall–Kier alpha value is -2.73. The molecular weight excluding hydrogens is 373 g/mol. The third-order valence-corrected chi connectivity index (χ3v) is 4.09. The molecule has 0 aromatic heterocycles. The first-order valence-electron chi connectivity index (χ1n) is 8.35. The van der Waals surface area contributed by atoms with Crippen LogP contribution in [0.5, 0.6) is 0 Å². The Morgan fingerprint density at radius 3 is 2.44 bits per heavy atom. The van der Waals surface area contributed by atoms with Crippen molar-refractivity contribution in [2.75, 3.05) is 13.2 Å². The van der Waals surface area contributed by atoms with Crippen LogP contribution in [0.3, 0.4) is 0 Å². The van der Waals surface area contributed by atoms with Gasteiger partial charge in [-0.25, -0.2) is 9.18 Å². The smallest absolute Gasteiger partial charge is 0.340 e. The van der Waals surface area contributed by atoms with Crippen molar-refractivity contribution in [3.63, 3.8) is 0 Å². The number of ether oxygens (including phenoxy) is 1. The van der Waals surface area contributed by atoms with Gasteiger partial charge in [-0.1, -0.05) is 35.9 Å². The van der Waals surface area contributed by atoms with Crippen LogP contribution in [-0.2, 0) is 16.0 Å². The van der Waals surface area contributed by atoms with E-state index in [2.05, 4.69) is 5.32 Å². The van der Waals surface area contributed by atoms with Gasteiger partial charge in [0.2, 0.25) is 5.91 Å². The Morgan fingerprint density at radius 2 is 1.81 bits per heavy atom. The molecular formula is C20H19ClFNO4. The van der Waals surface area contributed by atoms with E-state index in [1.54, 1.807) is 12.1 Å². The van der Waals surface area contributed by atoms with Crippen molar-refractivity contribution in [2.24, 2.45) is 0 Å². The largest absolute Gasteiger partial charge is 0.454 e. The zero-order valence-electron chi connectivity index (χ0n) is 14.8. The van der Waals surface area contributed by atoms with Crippen molar-refractivity contribution in [1.82, 2.24) is 5.32 Å². The third-order valence-electron chi connectivity index (χ3n) is 3.78. The molecule has 0 fully saturated rings. The summed E-state index contributed by atoms with van der Waals surface area (Å²) in [6.07, 6.45) is 1.57. The first kappa shape index (κ1) is 20.6. The Bertz CT molecular complexity index is 836. The minimum atomic E-state index is -0.789. The van der Waals surface area contributed by atoms with Gasteiger partial charge in [-0.15, -0.1) is 0 Å². The lowest BCUT2D eigenvalue weighted by Gasteiger charge is -2.07. The number of aryl methyl sites for hydroxylation is 1. The van der Waals surface area contributed by atoms with Crippen molar-refractivity contribution < 1.29 is 23.5 Å². The molecule has 2 rings (SSSR count). The van der Waals surface area contributed by atoms with E-state index in [1.807, 2.05) is 12.1 Å². The highest BCUT2D eigenvalue weighted by Gasteiger charge is 2.15. The highest BCUT2D eigenvalue weighted by atomic mass is 35.5. The molecule has 0 atom stereocenters. The van der Waals surface area contributed by atoms with Crippen LogP contribution < -0.4 is 5.32 Å². The summed E-state index contributed by atoms with van der Waals surface area (Å²) in [7, 11) is 0. The predicted octanol–water partition coefficient (Wildman–Crippen LogP) is 3.59. The number of ketones is 1. The Kier molecular flexibility index (Phi) is 7.49. The zero-order valence-corrected chi connectivity index (χ0v) is 15.5. The summed E-state index contributed by atoms with van der Waals surface area (Å²) in [5.41, 5.74) is 1.45. The first-order valence-corrected chi connectivity index (χ1v) is 8.73. The molecule has 0 aliphatic rings. The third kappa shape index (κ3) is 6.49. The molecule has 0 aliphatic carbocycles. The van der Waals surface area contributed by atoms with E-state index in [0.29, 0.717) is 12.1 Å². The van der Waals surface area contributed by atoms with Crippen LogP contribution in [0.25, 0.3) is 0 Å². The number of nitrogens with one attached hydrogen (secondary N) is 1. The molecule has 1 amide bonds. The van der Waals surface area contributed by atoms with Crippen LogP contribution in [-0.4, -0.2) is 30.8 Å². The van der Waals surface area contributed by atoms with E-state index in [1.165, 1.54) is 13.0 Å². The maximum absolute atomic E-state index is 13.0. The monoisotopic (exact) mass is 391 g/mol. The van der Waals surface area contributed by atoms with Crippen molar-refractivity contribution in [1.29, 1.82) is 0 Å². The first-order chi connectivity index (χ1) is 12.9. The Labute approximate surface area is 161 Å². The maximum atomic E-state index is 13.0. The molecule has 0 radical (unpaired) electrons. The van der Waals surface area contributed by atoms with Crippen LogP contribution in [0, 0.1) is 5.82 Å². The average Bonchev–Trinajstić information content (AvgIpc) is 2.63. The fraction of sp³-hybridized carbons (Fsp3) is 0.250. The maximum Gasteiger partial charge on any atom is 0.340 e. The van der Waals surface area contributed by atoms with Crippen molar-refractivity contribution in [3.8, 4) is 0 Å². The number of carbonyl (C=O) groups is 3. The normalized spacial score (nSPS) is 10.3. The van der Waals surface area contributed by atoms with Crippen LogP contribution in [0.2, 0.25) is 5.02 Å². The van der Waals surface area contributed by atoms with Crippen LogP contribution in [0.15, 0.2) is 42.5 Å². The van der Waals surface area contributed by atoms with Crippen LogP contribution >= 0.6 is 11.6 Å². The fourth-order valence-electron chi connectivity index (χ4n) is 2.36. The average molecular weight is 392 g/mol. The van der Waals surface area contributed by atoms with Gasteiger partial charge >= 0.3 is 5.97 Å². The summed E-state index contributed by atoms with van der Waals surface area (Å²) in [5, 5.41) is 2.65. The quantitative estimate of drug-likeness (QED) is 0.424. The molecule has 2 aromatic carbocycles. The molecule has 0 spiro atoms. The van der Waals surface area contributed by atoms with Crippen LogP contribution in [0.1, 0.15) is 39.6 Å². The second kappa shape index (κ2) is 9.83. The van der Waals surface area contributed by atoms with Gasteiger partial charge in [0.15, 0.2) is 12.4 Å². The van der Waals surface area contributed by atoms with Crippen molar-refractivity contribution >= 4 is 29.3 Å². The number of hydrogen-bond acceptors (Lipinski definition) is 4. The van der Waals surface area contributed by atoms with E-state index in [0.717, 1.165) is 30.5 Å². The van der Waals surface area contributed by atoms with Gasteiger partial charge in [-0.05, 0) is 36.6 Å². The molecule has 0 unspecified atom stereocenters. The van der Waals surface area contributed by atoms with Crippen LogP contribution in [0.4, 0.5) is 4.39 Å². The van der Waals surface area contributed by atoms with E-state index in [4.69, 9.17) is 16.3 Å². The molecule has 142 valence electrons. The number of hydrogen-bond donors (Lipinski definition) is 1. The van der Waals surface area contributed by atoms with Crippen molar-refractivity contribution in [3.05, 3.63) is 70.0 Å². The minimum absolute atomic E-state index is 0.000356. The van der Waals surface area contributed by atoms with Gasteiger partial charge in [0.25, 0.3) is 0 Å². The van der Waals surface area contributed by atoms with E-state index in [9.17, 15) is 18.8 Å². The Balaban J connectivity index is 1.85. The SMILES string of the molecule is CC(=O)NCCCc1ccc(C(=O)COC(=O)c2ccc(F)cc2Cl)cc1. The number of esters is 1. The number of rotatable bonds is 8. The topological polar surface area (TPSA) is 72.5 Å². The standard InChI is InChI=1S/C20H19ClFNO4/c1-13(24)23-10-2-3-14-4-6-15(7-5-14)19(25)12-27-20(26)17-9-8-16(22)11-18(17)21/h4-9,11H,2-3,10,12H2,1H3,(H,23,24). The lowest BCUT2D eigenvalue weighted by Crippen LogP contribution is -2.21. The number of benzene rings is 2. The predicted molar refractivity (Wildman–Crippen MR) is 99.5 cm³/mol. The summed E-state index contributed by atoms with van der Waals surface area (Å²) in [6, 6.07) is 10.3. The highest BCUT2D eigenvalue weighted by Crippen LogP contribution is 2.18. The van der Waals surface area contributed by atoms with E-state index >= 15 is 0 Å².